The molecule has 9 rings (SSSR count). The van der Waals surface area contributed by atoms with Crippen LogP contribution in [0.2, 0.25) is 0 Å². The molecule has 0 bridgehead atoms. The third-order valence-corrected chi connectivity index (χ3v) is 9.26. The Hall–Kier alpha value is -6.12. The van der Waals surface area contributed by atoms with E-state index in [-0.39, 0.29) is 0 Å². The number of benzene rings is 8. The molecule has 214 valence electrons. The Labute approximate surface area is 267 Å². The lowest BCUT2D eigenvalue weighted by Crippen LogP contribution is -1.94. The maximum atomic E-state index is 4.33. The summed E-state index contributed by atoms with van der Waals surface area (Å²) in [6, 6.07) is 56.9. The molecule has 0 saturated heterocycles. The summed E-state index contributed by atoms with van der Waals surface area (Å²) in [5, 5.41) is 18.2. The summed E-state index contributed by atoms with van der Waals surface area (Å²) in [6.45, 7) is 0. The van der Waals surface area contributed by atoms with Gasteiger partial charge in [0.1, 0.15) is 0 Å². The van der Waals surface area contributed by atoms with Gasteiger partial charge in [-0.15, -0.1) is 0 Å². The Morgan fingerprint density at radius 1 is 0.217 bits per heavy atom. The SMILES string of the molecule is c1ccc(-c2c3ccccc3c(-c3ccc(-c4c(-c5ccccc5)c5cnncc5c5ccccc45)cc3)c3ccccc23)cc1. The molecule has 0 aliphatic carbocycles. The number of fused-ring (bicyclic) bond motifs is 5. The number of hydrogen-bond acceptors (Lipinski definition) is 2. The van der Waals surface area contributed by atoms with Gasteiger partial charge in [-0.3, -0.25) is 0 Å². The minimum atomic E-state index is 1.10. The molecule has 0 aliphatic heterocycles. The molecule has 0 fully saturated rings. The van der Waals surface area contributed by atoms with Crippen LogP contribution in [-0.4, -0.2) is 10.2 Å². The molecule has 0 aliphatic rings. The lowest BCUT2D eigenvalue weighted by molar-refractivity contribution is 1.05. The summed E-state index contributed by atoms with van der Waals surface area (Å²) in [6.07, 6.45) is 3.81. The summed E-state index contributed by atoms with van der Waals surface area (Å²) in [5.74, 6) is 0. The van der Waals surface area contributed by atoms with Crippen molar-refractivity contribution >= 4 is 43.1 Å². The van der Waals surface area contributed by atoms with Crippen molar-refractivity contribution < 1.29 is 0 Å². The van der Waals surface area contributed by atoms with E-state index >= 15 is 0 Å². The van der Waals surface area contributed by atoms with Crippen LogP contribution in [-0.2, 0) is 0 Å². The molecular formula is C44H28N2. The topological polar surface area (TPSA) is 25.8 Å². The quantitative estimate of drug-likeness (QED) is 0.152. The third kappa shape index (κ3) is 4.12. The molecule has 0 N–H and O–H groups in total. The van der Waals surface area contributed by atoms with Gasteiger partial charge in [-0.2, -0.15) is 10.2 Å². The number of hydrogen-bond donors (Lipinski definition) is 0. The van der Waals surface area contributed by atoms with Crippen LogP contribution >= 0.6 is 0 Å². The van der Waals surface area contributed by atoms with Crippen molar-refractivity contribution in [1.82, 2.24) is 10.2 Å². The number of nitrogens with zero attached hydrogens (tertiary/aromatic N) is 2. The molecule has 2 heteroatoms. The maximum absolute atomic E-state index is 4.33. The van der Waals surface area contributed by atoms with E-state index in [1.165, 1.54) is 76.8 Å². The Morgan fingerprint density at radius 2 is 0.522 bits per heavy atom. The number of rotatable bonds is 4. The fraction of sp³-hybridized carbons (Fsp3) is 0. The van der Waals surface area contributed by atoms with E-state index in [0.29, 0.717) is 0 Å². The molecule has 9 aromatic rings. The predicted octanol–water partition coefficient (Wildman–Crippen LogP) is 11.8. The zero-order chi connectivity index (χ0) is 30.5. The largest absolute Gasteiger partial charge is 0.158 e. The van der Waals surface area contributed by atoms with Crippen molar-refractivity contribution in [1.29, 1.82) is 0 Å². The monoisotopic (exact) mass is 584 g/mol. The average Bonchev–Trinajstić information content (AvgIpc) is 3.14. The highest BCUT2D eigenvalue weighted by Gasteiger charge is 2.19. The van der Waals surface area contributed by atoms with Crippen LogP contribution in [0.1, 0.15) is 0 Å². The van der Waals surface area contributed by atoms with E-state index in [1.54, 1.807) is 0 Å². The highest BCUT2D eigenvalue weighted by atomic mass is 15.1. The Balaban J connectivity index is 1.31. The molecular weight excluding hydrogens is 556 g/mol. The van der Waals surface area contributed by atoms with E-state index in [1.807, 2.05) is 12.4 Å². The molecule has 0 radical (unpaired) electrons. The van der Waals surface area contributed by atoms with Crippen molar-refractivity contribution in [2.45, 2.75) is 0 Å². The van der Waals surface area contributed by atoms with E-state index in [2.05, 4.69) is 168 Å². The molecule has 0 amide bonds. The predicted molar refractivity (Wildman–Crippen MR) is 194 cm³/mol. The van der Waals surface area contributed by atoms with Gasteiger partial charge in [0.25, 0.3) is 0 Å². The van der Waals surface area contributed by atoms with Crippen molar-refractivity contribution in [3.8, 4) is 44.5 Å². The summed E-state index contributed by atoms with van der Waals surface area (Å²) >= 11 is 0. The van der Waals surface area contributed by atoms with Crippen LogP contribution < -0.4 is 0 Å². The molecule has 1 heterocycles. The second kappa shape index (κ2) is 10.8. The summed E-state index contributed by atoms with van der Waals surface area (Å²) in [5.41, 5.74) is 9.71. The van der Waals surface area contributed by atoms with Crippen molar-refractivity contribution in [2.24, 2.45) is 0 Å². The third-order valence-electron chi connectivity index (χ3n) is 9.26. The van der Waals surface area contributed by atoms with Crippen LogP contribution in [0.4, 0.5) is 0 Å². The smallest absolute Gasteiger partial charge is 0.0581 e. The summed E-state index contributed by atoms with van der Waals surface area (Å²) < 4.78 is 0. The zero-order valence-electron chi connectivity index (χ0n) is 25.1. The van der Waals surface area contributed by atoms with Gasteiger partial charge in [-0.25, -0.2) is 0 Å². The molecule has 2 nitrogen and oxygen atoms in total. The van der Waals surface area contributed by atoms with Crippen LogP contribution in [0.25, 0.3) is 87.6 Å². The maximum Gasteiger partial charge on any atom is 0.0581 e. The molecule has 0 atom stereocenters. The molecule has 0 saturated carbocycles. The van der Waals surface area contributed by atoms with Gasteiger partial charge in [-0.05, 0) is 76.8 Å². The van der Waals surface area contributed by atoms with Crippen molar-refractivity contribution in [3.63, 3.8) is 0 Å². The van der Waals surface area contributed by atoms with Crippen LogP contribution in [0.3, 0.4) is 0 Å². The molecule has 1 aromatic heterocycles. The van der Waals surface area contributed by atoms with Crippen molar-refractivity contribution in [2.75, 3.05) is 0 Å². The fourth-order valence-corrected chi connectivity index (χ4v) is 7.30. The average molecular weight is 585 g/mol. The normalized spacial score (nSPS) is 11.5. The van der Waals surface area contributed by atoms with Gasteiger partial charge in [0.15, 0.2) is 0 Å². The Kier molecular flexibility index (Phi) is 6.17. The van der Waals surface area contributed by atoms with Gasteiger partial charge >= 0.3 is 0 Å². The summed E-state index contributed by atoms with van der Waals surface area (Å²) in [4.78, 5) is 0. The van der Waals surface area contributed by atoms with Gasteiger partial charge in [-0.1, -0.05) is 158 Å². The standard InChI is InChI=1S/C44H28N2/c1-3-13-29(14-4-1)41-35-19-9-11-21-37(35)42(38-22-12-10-20-36(38)41)31-23-25-32(26-24-31)43-34-18-8-7-17-33(34)39-27-45-46-28-40(39)44(43)30-15-5-2-6-16-30/h1-28H. The summed E-state index contributed by atoms with van der Waals surface area (Å²) in [7, 11) is 0. The van der Waals surface area contributed by atoms with E-state index in [9.17, 15) is 0 Å². The minimum absolute atomic E-state index is 1.10. The first kappa shape index (κ1) is 26.3. The molecule has 0 unspecified atom stereocenters. The number of aromatic nitrogens is 2. The highest BCUT2D eigenvalue weighted by Crippen LogP contribution is 2.46. The van der Waals surface area contributed by atoms with E-state index in [0.717, 1.165) is 10.8 Å². The first-order valence-electron chi connectivity index (χ1n) is 15.7. The van der Waals surface area contributed by atoms with Crippen LogP contribution in [0.5, 0.6) is 0 Å². The highest BCUT2D eigenvalue weighted by molar-refractivity contribution is 6.23. The minimum Gasteiger partial charge on any atom is -0.158 e. The lowest BCUT2D eigenvalue weighted by atomic mass is 9.84. The van der Waals surface area contributed by atoms with Crippen LogP contribution in [0, 0.1) is 0 Å². The van der Waals surface area contributed by atoms with Gasteiger partial charge < -0.3 is 0 Å². The molecule has 46 heavy (non-hydrogen) atoms. The van der Waals surface area contributed by atoms with E-state index in [4.69, 9.17) is 0 Å². The second-order valence-corrected chi connectivity index (χ2v) is 11.8. The zero-order valence-corrected chi connectivity index (χ0v) is 25.1. The second-order valence-electron chi connectivity index (χ2n) is 11.8. The Bertz CT molecular complexity index is 2500. The van der Waals surface area contributed by atoms with Crippen molar-refractivity contribution in [3.05, 3.63) is 170 Å². The Morgan fingerprint density at radius 3 is 1.00 bits per heavy atom. The lowest BCUT2D eigenvalue weighted by Gasteiger charge is -2.19. The molecule has 0 spiro atoms. The molecule has 8 aromatic carbocycles. The van der Waals surface area contributed by atoms with Crippen LogP contribution in [0.15, 0.2) is 170 Å². The van der Waals surface area contributed by atoms with E-state index < -0.39 is 0 Å². The van der Waals surface area contributed by atoms with Gasteiger partial charge in [0, 0.05) is 10.8 Å². The van der Waals surface area contributed by atoms with Gasteiger partial charge in [0.2, 0.25) is 0 Å². The first-order valence-corrected chi connectivity index (χ1v) is 15.7. The first-order chi connectivity index (χ1) is 22.9. The van der Waals surface area contributed by atoms with Gasteiger partial charge in [0.05, 0.1) is 12.4 Å². The fourth-order valence-electron chi connectivity index (χ4n) is 7.30.